The Balaban J connectivity index is 2.66. The van der Waals surface area contributed by atoms with Crippen molar-refractivity contribution in [1.29, 1.82) is 5.41 Å². The molecule has 1 aliphatic carbocycles. The zero-order chi connectivity index (χ0) is 9.19. The number of hydrogen-bond acceptors (Lipinski definition) is 1. The van der Waals surface area contributed by atoms with Gasteiger partial charge in [-0.25, -0.2) is 0 Å². The van der Waals surface area contributed by atoms with E-state index in [9.17, 15) is 13.2 Å². The predicted octanol–water partition coefficient (Wildman–Crippen LogP) is 2.70. The highest BCUT2D eigenvalue weighted by atomic mass is 19.4. The Morgan fingerprint density at radius 3 is 2.42 bits per heavy atom. The summed E-state index contributed by atoms with van der Waals surface area (Å²) in [4.78, 5) is 0. The summed E-state index contributed by atoms with van der Waals surface area (Å²) < 4.78 is 35.9. The van der Waals surface area contributed by atoms with Crippen LogP contribution in [-0.2, 0) is 0 Å². The van der Waals surface area contributed by atoms with Crippen molar-refractivity contribution in [2.75, 3.05) is 0 Å². The topological polar surface area (TPSA) is 23.9 Å². The molecule has 0 bridgehead atoms. The third-order valence-corrected chi connectivity index (χ3v) is 1.66. The molecule has 0 aliphatic heterocycles. The molecule has 0 radical (unpaired) electrons. The number of rotatable bonds is 1. The van der Waals surface area contributed by atoms with Gasteiger partial charge in [0.2, 0.25) is 0 Å². The minimum atomic E-state index is -4.49. The van der Waals surface area contributed by atoms with Gasteiger partial charge in [-0.1, -0.05) is 24.3 Å². The van der Waals surface area contributed by atoms with Crippen molar-refractivity contribution in [2.24, 2.45) is 5.92 Å². The Labute approximate surface area is 68.1 Å². The molecule has 1 unspecified atom stereocenters. The van der Waals surface area contributed by atoms with Gasteiger partial charge in [0.05, 0.1) is 0 Å². The quantitative estimate of drug-likeness (QED) is 0.592. The Morgan fingerprint density at radius 2 is 2.00 bits per heavy atom. The SMILES string of the molecule is N=C(C1C=CC=CC1)C(F)(F)F. The largest absolute Gasteiger partial charge is 0.429 e. The van der Waals surface area contributed by atoms with Crippen molar-refractivity contribution in [1.82, 2.24) is 0 Å². The van der Waals surface area contributed by atoms with Crippen molar-refractivity contribution in [3.63, 3.8) is 0 Å². The van der Waals surface area contributed by atoms with Gasteiger partial charge in [-0.15, -0.1) is 0 Å². The van der Waals surface area contributed by atoms with Crippen LogP contribution < -0.4 is 0 Å². The summed E-state index contributed by atoms with van der Waals surface area (Å²) in [5.74, 6) is -0.796. The van der Waals surface area contributed by atoms with E-state index >= 15 is 0 Å². The maximum Gasteiger partial charge on any atom is 0.429 e. The van der Waals surface area contributed by atoms with Crippen LogP contribution in [0.3, 0.4) is 0 Å². The third-order valence-electron chi connectivity index (χ3n) is 1.66. The van der Waals surface area contributed by atoms with Crippen LogP contribution in [0.5, 0.6) is 0 Å². The maximum atomic E-state index is 12.0. The molecule has 0 saturated heterocycles. The molecular formula is C8H8F3N. The van der Waals surface area contributed by atoms with E-state index in [2.05, 4.69) is 0 Å². The molecule has 0 saturated carbocycles. The monoisotopic (exact) mass is 175 g/mol. The minimum Gasteiger partial charge on any atom is -0.300 e. The molecule has 1 rings (SSSR count). The summed E-state index contributed by atoms with van der Waals surface area (Å²) in [7, 11) is 0. The molecule has 0 fully saturated rings. The fourth-order valence-electron chi connectivity index (χ4n) is 1.00. The summed E-state index contributed by atoms with van der Waals surface area (Å²) in [5, 5.41) is 6.82. The Bertz CT molecular complexity index is 237. The van der Waals surface area contributed by atoms with Crippen molar-refractivity contribution >= 4 is 5.71 Å². The van der Waals surface area contributed by atoms with E-state index < -0.39 is 17.8 Å². The predicted molar refractivity (Wildman–Crippen MR) is 40.2 cm³/mol. The van der Waals surface area contributed by atoms with Gasteiger partial charge < -0.3 is 0 Å². The van der Waals surface area contributed by atoms with Gasteiger partial charge in [-0.2, -0.15) is 13.2 Å². The van der Waals surface area contributed by atoms with Gasteiger partial charge in [-0.05, 0) is 6.42 Å². The van der Waals surface area contributed by atoms with E-state index in [0.29, 0.717) is 0 Å². The molecule has 0 aromatic heterocycles. The van der Waals surface area contributed by atoms with Crippen LogP contribution >= 0.6 is 0 Å². The van der Waals surface area contributed by atoms with Crippen LogP contribution in [0.2, 0.25) is 0 Å². The van der Waals surface area contributed by atoms with Crippen LogP contribution in [0.1, 0.15) is 6.42 Å². The number of allylic oxidation sites excluding steroid dienone is 4. The molecule has 0 heterocycles. The smallest absolute Gasteiger partial charge is 0.300 e. The first-order valence-electron chi connectivity index (χ1n) is 3.51. The van der Waals surface area contributed by atoms with E-state index in [0.717, 1.165) is 0 Å². The zero-order valence-corrected chi connectivity index (χ0v) is 6.23. The molecule has 66 valence electrons. The highest BCUT2D eigenvalue weighted by Gasteiger charge is 2.37. The number of hydrogen-bond donors (Lipinski definition) is 1. The molecule has 12 heavy (non-hydrogen) atoms. The van der Waals surface area contributed by atoms with Crippen molar-refractivity contribution in [2.45, 2.75) is 12.6 Å². The fourth-order valence-corrected chi connectivity index (χ4v) is 1.00. The van der Waals surface area contributed by atoms with Gasteiger partial charge in [0, 0.05) is 5.92 Å². The molecular weight excluding hydrogens is 167 g/mol. The third kappa shape index (κ3) is 1.96. The van der Waals surface area contributed by atoms with Crippen molar-refractivity contribution in [3.8, 4) is 0 Å². The normalized spacial score (nSPS) is 22.8. The first-order chi connectivity index (χ1) is 5.52. The van der Waals surface area contributed by atoms with E-state index in [-0.39, 0.29) is 6.42 Å². The van der Waals surface area contributed by atoms with Gasteiger partial charge in [0.1, 0.15) is 5.71 Å². The number of alkyl halides is 3. The highest BCUT2D eigenvalue weighted by molar-refractivity contribution is 5.90. The molecule has 0 aromatic carbocycles. The minimum absolute atomic E-state index is 0.273. The van der Waals surface area contributed by atoms with Crippen LogP contribution in [-0.4, -0.2) is 11.9 Å². The molecule has 1 atom stereocenters. The molecule has 1 nitrogen and oxygen atoms in total. The number of halogens is 3. The lowest BCUT2D eigenvalue weighted by Gasteiger charge is -2.16. The Kier molecular flexibility index (Phi) is 2.35. The van der Waals surface area contributed by atoms with E-state index in [1.165, 1.54) is 12.2 Å². The standard InChI is InChI=1S/C8H8F3N/c9-8(10,11)7(12)6-4-2-1-3-5-6/h1-4,6,12H,5H2. The van der Waals surface area contributed by atoms with Gasteiger partial charge in [-0.3, -0.25) is 5.41 Å². The molecule has 0 aromatic rings. The lowest BCUT2D eigenvalue weighted by molar-refractivity contribution is -0.0628. The number of nitrogens with one attached hydrogen (secondary N) is 1. The molecule has 4 heteroatoms. The second-order valence-electron chi connectivity index (χ2n) is 2.57. The second-order valence-corrected chi connectivity index (χ2v) is 2.57. The summed E-state index contributed by atoms with van der Waals surface area (Å²) in [6.45, 7) is 0. The van der Waals surface area contributed by atoms with E-state index in [4.69, 9.17) is 5.41 Å². The van der Waals surface area contributed by atoms with Crippen molar-refractivity contribution < 1.29 is 13.2 Å². The summed E-state index contributed by atoms with van der Waals surface area (Å²) in [6, 6.07) is 0. The van der Waals surface area contributed by atoms with Gasteiger partial charge in [0.15, 0.2) is 0 Å². The van der Waals surface area contributed by atoms with Crippen LogP contribution in [0, 0.1) is 11.3 Å². The van der Waals surface area contributed by atoms with Crippen LogP contribution in [0.15, 0.2) is 24.3 Å². The van der Waals surface area contributed by atoms with Crippen molar-refractivity contribution in [3.05, 3.63) is 24.3 Å². The van der Waals surface area contributed by atoms with Gasteiger partial charge >= 0.3 is 6.18 Å². The van der Waals surface area contributed by atoms with E-state index in [1.807, 2.05) is 0 Å². The zero-order valence-electron chi connectivity index (χ0n) is 6.23. The second kappa shape index (κ2) is 3.13. The summed E-state index contributed by atoms with van der Waals surface area (Å²) in [6.07, 6.45) is 2.03. The van der Waals surface area contributed by atoms with E-state index in [1.54, 1.807) is 12.2 Å². The molecule has 1 aliphatic rings. The Morgan fingerprint density at radius 1 is 1.33 bits per heavy atom. The average molecular weight is 175 g/mol. The fraction of sp³-hybridized carbons (Fsp3) is 0.375. The van der Waals surface area contributed by atoms with Crippen LogP contribution in [0.4, 0.5) is 13.2 Å². The lowest BCUT2D eigenvalue weighted by atomic mass is 9.95. The summed E-state index contributed by atoms with van der Waals surface area (Å²) >= 11 is 0. The molecule has 1 N–H and O–H groups in total. The molecule has 0 spiro atoms. The molecule has 0 amide bonds. The maximum absolute atomic E-state index is 12.0. The average Bonchev–Trinajstić information content (AvgIpc) is 2.03. The first kappa shape index (κ1) is 9.03. The van der Waals surface area contributed by atoms with Gasteiger partial charge in [0.25, 0.3) is 0 Å². The summed E-state index contributed by atoms with van der Waals surface area (Å²) in [5.41, 5.74) is -1.16. The highest BCUT2D eigenvalue weighted by Crippen LogP contribution is 2.25. The lowest BCUT2D eigenvalue weighted by Crippen LogP contribution is -2.28. The Hall–Kier alpha value is -1.06. The first-order valence-corrected chi connectivity index (χ1v) is 3.51. The van der Waals surface area contributed by atoms with Crippen LogP contribution in [0.25, 0.3) is 0 Å².